The number of unbranched alkanes of at least 4 members (excludes halogenated alkanes) is 1. The minimum absolute atomic E-state index is 0.0762. The van der Waals surface area contributed by atoms with E-state index in [1.807, 2.05) is 6.07 Å². The Labute approximate surface area is 174 Å². The number of nitrogens with one attached hydrogen (secondary N) is 1. The number of nitrogens with zero attached hydrogens (tertiary/aromatic N) is 1. The number of nitriles is 1. The second-order valence-electron chi connectivity index (χ2n) is 5.86. The Morgan fingerprint density at radius 2 is 2.00 bits per heavy atom. The Hall–Kier alpha value is -2.68. The molecule has 146 valence electrons. The van der Waals surface area contributed by atoms with Gasteiger partial charge in [0.25, 0.3) is 5.91 Å². The predicted octanol–water partition coefficient (Wildman–Crippen LogP) is 5.73. The fraction of sp³-hybridized carbons (Fsp3) is 0.238. The van der Waals surface area contributed by atoms with E-state index in [9.17, 15) is 10.1 Å². The van der Waals surface area contributed by atoms with Crippen LogP contribution in [0.4, 0.5) is 5.69 Å². The zero-order valence-corrected chi connectivity index (χ0v) is 17.1. The molecule has 0 saturated carbocycles. The number of halogens is 2. The lowest BCUT2D eigenvalue weighted by molar-refractivity contribution is -0.112. The van der Waals surface area contributed by atoms with Crippen molar-refractivity contribution in [2.24, 2.45) is 0 Å². The summed E-state index contributed by atoms with van der Waals surface area (Å²) in [6, 6.07) is 11.8. The van der Waals surface area contributed by atoms with Crippen LogP contribution in [-0.2, 0) is 4.79 Å². The number of amides is 1. The van der Waals surface area contributed by atoms with Gasteiger partial charge in [0.2, 0.25) is 0 Å². The summed E-state index contributed by atoms with van der Waals surface area (Å²) in [5.41, 5.74) is 0.927. The van der Waals surface area contributed by atoms with Gasteiger partial charge in [-0.1, -0.05) is 42.6 Å². The Balaban J connectivity index is 2.20. The van der Waals surface area contributed by atoms with E-state index in [1.165, 1.54) is 19.3 Å². The molecule has 28 heavy (non-hydrogen) atoms. The molecule has 0 heterocycles. The van der Waals surface area contributed by atoms with Gasteiger partial charge in [-0.25, -0.2) is 0 Å². The van der Waals surface area contributed by atoms with Crippen LogP contribution in [0, 0.1) is 11.3 Å². The maximum Gasteiger partial charge on any atom is 0.266 e. The molecule has 0 atom stereocenters. The molecule has 0 radical (unpaired) electrons. The van der Waals surface area contributed by atoms with Gasteiger partial charge in [-0.2, -0.15) is 5.26 Å². The lowest BCUT2D eigenvalue weighted by atomic mass is 10.1. The highest BCUT2D eigenvalue weighted by Gasteiger charge is 2.13. The van der Waals surface area contributed by atoms with E-state index in [2.05, 4.69) is 12.2 Å². The maximum atomic E-state index is 12.4. The van der Waals surface area contributed by atoms with E-state index in [1.54, 1.807) is 30.3 Å². The largest absolute Gasteiger partial charge is 0.493 e. The average Bonchev–Trinajstić information content (AvgIpc) is 2.69. The number of anilines is 1. The third-order valence-corrected chi connectivity index (χ3v) is 4.35. The van der Waals surface area contributed by atoms with Crippen molar-refractivity contribution in [2.75, 3.05) is 19.0 Å². The highest BCUT2D eigenvalue weighted by atomic mass is 35.5. The molecule has 1 N–H and O–H groups in total. The molecule has 0 bridgehead atoms. The van der Waals surface area contributed by atoms with Crippen LogP contribution in [0.5, 0.6) is 11.5 Å². The Bertz CT molecular complexity index is 920. The SMILES string of the molecule is CCCCOc1ccc(/C=C(/C#N)C(=O)Nc2ccc(Cl)cc2Cl)cc1OC. The van der Waals surface area contributed by atoms with Crippen molar-refractivity contribution < 1.29 is 14.3 Å². The van der Waals surface area contributed by atoms with Crippen LogP contribution in [0.15, 0.2) is 42.0 Å². The van der Waals surface area contributed by atoms with Crippen molar-refractivity contribution in [1.29, 1.82) is 5.26 Å². The molecule has 0 spiro atoms. The van der Waals surface area contributed by atoms with Crippen LogP contribution >= 0.6 is 23.2 Å². The number of benzene rings is 2. The van der Waals surface area contributed by atoms with Gasteiger partial charge in [0.15, 0.2) is 11.5 Å². The molecule has 0 unspecified atom stereocenters. The first-order valence-corrected chi connectivity index (χ1v) is 9.43. The van der Waals surface area contributed by atoms with Crippen molar-refractivity contribution in [1.82, 2.24) is 0 Å². The van der Waals surface area contributed by atoms with Crippen LogP contribution in [0.2, 0.25) is 10.0 Å². The molecule has 0 aliphatic carbocycles. The number of rotatable bonds is 8. The summed E-state index contributed by atoms with van der Waals surface area (Å²) < 4.78 is 11.0. The molecule has 0 aliphatic rings. The lowest BCUT2D eigenvalue weighted by Crippen LogP contribution is -2.13. The van der Waals surface area contributed by atoms with Gasteiger partial charge in [0, 0.05) is 5.02 Å². The van der Waals surface area contributed by atoms with Gasteiger partial charge in [-0.05, 0) is 48.4 Å². The Morgan fingerprint density at radius 1 is 1.21 bits per heavy atom. The maximum absolute atomic E-state index is 12.4. The van der Waals surface area contributed by atoms with Gasteiger partial charge < -0.3 is 14.8 Å². The quantitative estimate of drug-likeness (QED) is 0.337. The van der Waals surface area contributed by atoms with Gasteiger partial charge in [0.1, 0.15) is 11.6 Å². The first kappa shape index (κ1) is 21.6. The summed E-state index contributed by atoms with van der Waals surface area (Å²) in [4.78, 5) is 12.4. The van der Waals surface area contributed by atoms with E-state index < -0.39 is 5.91 Å². The number of hydrogen-bond donors (Lipinski definition) is 1. The third kappa shape index (κ3) is 5.91. The van der Waals surface area contributed by atoms with Crippen LogP contribution < -0.4 is 14.8 Å². The molecule has 0 saturated heterocycles. The molecule has 2 rings (SSSR count). The second-order valence-corrected chi connectivity index (χ2v) is 6.70. The van der Waals surface area contributed by atoms with Gasteiger partial charge in [-0.3, -0.25) is 4.79 Å². The molecule has 1 amide bonds. The first-order chi connectivity index (χ1) is 13.5. The smallest absolute Gasteiger partial charge is 0.266 e. The molecule has 0 aromatic heterocycles. The van der Waals surface area contributed by atoms with E-state index in [-0.39, 0.29) is 10.6 Å². The molecular weight excluding hydrogens is 399 g/mol. The zero-order chi connectivity index (χ0) is 20.5. The molecular formula is C21H20Cl2N2O3. The number of hydrogen-bond acceptors (Lipinski definition) is 4. The van der Waals surface area contributed by atoms with Crippen LogP contribution in [0.3, 0.4) is 0 Å². The van der Waals surface area contributed by atoms with E-state index in [4.69, 9.17) is 32.7 Å². The van der Waals surface area contributed by atoms with E-state index in [0.717, 1.165) is 12.8 Å². The molecule has 0 aliphatic heterocycles. The molecule has 2 aromatic carbocycles. The fourth-order valence-electron chi connectivity index (χ4n) is 2.32. The number of carbonyl (C=O) groups is 1. The molecule has 5 nitrogen and oxygen atoms in total. The highest BCUT2D eigenvalue weighted by molar-refractivity contribution is 6.36. The second kappa shape index (κ2) is 10.6. The summed E-state index contributed by atoms with van der Waals surface area (Å²) in [5, 5.41) is 12.7. The molecule has 7 heteroatoms. The van der Waals surface area contributed by atoms with Crippen molar-refractivity contribution in [3.63, 3.8) is 0 Å². The summed E-state index contributed by atoms with van der Waals surface area (Å²) in [6.45, 7) is 2.68. The van der Waals surface area contributed by atoms with Crippen molar-refractivity contribution >= 4 is 40.9 Å². The van der Waals surface area contributed by atoms with Gasteiger partial charge in [0.05, 0.1) is 24.4 Å². The molecule has 0 fully saturated rings. The molecule has 2 aromatic rings. The summed E-state index contributed by atoms with van der Waals surface area (Å²) >= 11 is 11.9. The first-order valence-electron chi connectivity index (χ1n) is 8.67. The van der Waals surface area contributed by atoms with E-state index >= 15 is 0 Å². The highest BCUT2D eigenvalue weighted by Crippen LogP contribution is 2.30. The number of carbonyl (C=O) groups excluding carboxylic acids is 1. The average molecular weight is 419 g/mol. The standard InChI is InChI=1S/C21H20Cl2N2O3/c1-3-4-9-28-19-8-5-14(11-20(19)27-2)10-15(13-24)21(26)25-18-7-6-16(22)12-17(18)23/h5-8,10-12H,3-4,9H2,1-2H3,(H,25,26)/b15-10-. The third-order valence-electron chi connectivity index (χ3n) is 3.80. The van der Waals surface area contributed by atoms with Crippen molar-refractivity contribution in [3.8, 4) is 17.6 Å². The Morgan fingerprint density at radius 3 is 2.64 bits per heavy atom. The van der Waals surface area contributed by atoms with Gasteiger partial charge in [-0.15, -0.1) is 0 Å². The Kier molecular flexibility index (Phi) is 8.19. The number of ether oxygens (including phenoxy) is 2. The predicted molar refractivity (Wildman–Crippen MR) is 112 cm³/mol. The lowest BCUT2D eigenvalue weighted by Gasteiger charge is -2.11. The van der Waals surface area contributed by atoms with Crippen molar-refractivity contribution in [2.45, 2.75) is 19.8 Å². The van der Waals surface area contributed by atoms with Crippen LogP contribution in [-0.4, -0.2) is 19.6 Å². The minimum Gasteiger partial charge on any atom is -0.493 e. The van der Waals surface area contributed by atoms with Crippen LogP contribution in [0.1, 0.15) is 25.3 Å². The summed E-state index contributed by atoms with van der Waals surface area (Å²) in [5.74, 6) is 0.571. The monoisotopic (exact) mass is 418 g/mol. The summed E-state index contributed by atoms with van der Waals surface area (Å²) in [7, 11) is 1.54. The van der Waals surface area contributed by atoms with Crippen molar-refractivity contribution in [3.05, 3.63) is 57.6 Å². The summed E-state index contributed by atoms with van der Waals surface area (Å²) in [6.07, 6.45) is 3.44. The fourth-order valence-corrected chi connectivity index (χ4v) is 2.77. The van der Waals surface area contributed by atoms with Gasteiger partial charge >= 0.3 is 0 Å². The zero-order valence-electron chi connectivity index (χ0n) is 15.6. The minimum atomic E-state index is -0.575. The number of methoxy groups -OCH3 is 1. The van der Waals surface area contributed by atoms with E-state index in [0.29, 0.717) is 34.4 Å². The topological polar surface area (TPSA) is 71.3 Å². The van der Waals surface area contributed by atoms with Crippen LogP contribution in [0.25, 0.3) is 6.08 Å². The normalized spacial score (nSPS) is 10.9.